The van der Waals surface area contributed by atoms with Crippen LogP contribution in [0, 0.1) is 11.3 Å². The molecule has 2 atom stereocenters. The third-order valence-electron chi connectivity index (χ3n) is 4.55. The van der Waals surface area contributed by atoms with Crippen molar-refractivity contribution in [2.24, 2.45) is 11.3 Å². The van der Waals surface area contributed by atoms with Crippen molar-refractivity contribution in [3.63, 3.8) is 0 Å². The second-order valence-corrected chi connectivity index (χ2v) is 6.36. The molecule has 0 aromatic carbocycles. The van der Waals surface area contributed by atoms with Crippen LogP contribution in [0.2, 0.25) is 0 Å². The molecule has 96 valence electrons. The second kappa shape index (κ2) is 6.05. The minimum atomic E-state index is 0.551. The molecule has 0 N–H and O–H groups in total. The van der Waals surface area contributed by atoms with Crippen LogP contribution in [0.25, 0.3) is 0 Å². The highest BCUT2D eigenvalue weighted by atomic mass is 15.2. The molecule has 1 heteroatoms. The summed E-state index contributed by atoms with van der Waals surface area (Å²) in [5.41, 5.74) is 0.551. The minimum Gasteiger partial charge on any atom is -0.300 e. The van der Waals surface area contributed by atoms with Gasteiger partial charge >= 0.3 is 0 Å². The Bertz CT molecular complexity index is 198. The van der Waals surface area contributed by atoms with Gasteiger partial charge in [-0.25, -0.2) is 0 Å². The lowest BCUT2D eigenvalue weighted by atomic mass is 9.75. The average molecular weight is 225 g/mol. The van der Waals surface area contributed by atoms with Gasteiger partial charge in [-0.1, -0.05) is 40.5 Å². The van der Waals surface area contributed by atoms with E-state index >= 15 is 0 Å². The molecule has 1 fully saturated rings. The van der Waals surface area contributed by atoms with Gasteiger partial charge in [0.25, 0.3) is 0 Å². The SMILES string of the molecule is CCCC(C)N1CCC(C(C)(C)CCC)C1. The summed E-state index contributed by atoms with van der Waals surface area (Å²) in [4.78, 5) is 2.71. The smallest absolute Gasteiger partial charge is 0.00669 e. The van der Waals surface area contributed by atoms with Gasteiger partial charge in [-0.15, -0.1) is 0 Å². The van der Waals surface area contributed by atoms with E-state index in [1.54, 1.807) is 0 Å². The number of hydrogen-bond donors (Lipinski definition) is 0. The lowest BCUT2D eigenvalue weighted by molar-refractivity contribution is 0.171. The summed E-state index contributed by atoms with van der Waals surface area (Å²) >= 11 is 0. The maximum Gasteiger partial charge on any atom is 0.00669 e. The Kier molecular flexibility index (Phi) is 5.30. The summed E-state index contributed by atoms with van der Waals surface area (Å²) in [6.07, 6.45) is 6.81. The minimum absolute atomic E-state index is 0.551. The molecule has 1 rings (SSSR count). The monoisotopic (exact) mass is 225 g/mol. The van der Waals surface area contributed by atoms with Crippen molar-refractivity contribution in [2.45, 2.75) is 72.8 Å². The molecular formula is C15H31N. The van der Waals surface area contributed by atoms with Crippen molar-refractivity contribution in [1.82, 2.24) is 4.90 Å². The fraction of sp³-hybridized carbons (Fsp3) is 1.00. The van der Waals surface area contributed by atoms with Crippen LogP contribution >= 0.6 is 0 Å². The van der Waals surface area contributed by atoms with Gasteiger partial charge in [0.2, 0.25) is 0 Å². The van der Waals surface area contributed by atoms with Crippen molar-refractivity contribution in [3.05, 3.63) is 0 Å². The Morgan fingerprint density at radius 1 is 1.25 bits per heavy atom. The van der Waals surface area contributed by atoms with Gasteiger partial charge < -0.3 is 4.90 Å². The zero-order chi connectivity index (χ0) is 12.2. The van der Waals surface area contributed by atoms with Crippen LogP contribution in [-0.2, 0) is 0 Å². The van der Waals surface area contributed by atoms with Crippen LogP contribution in [0.1, 0.15) is 66.7 Å². The number of rotatable bonds is 6. The average Bonchev–Trinajstić information content (AvgIpc) is 2.67. The maximum absolute atomic E-state index is 2.71. The standard InChI is InChI=1S/C15H31N/c1-6-8-13(3)16-11-9-14(12-16)15(4,5)10-7-2/h13-14H,6-12H2,1-5H3. The van der Waals surface area contributed by atoms with Crippen LogP contribution in [0.3, 0.4) is 0 Å². The van der Waals surface area contributed by atoms with Crippen LogP contribution in [0.15, 0.2) is 0 Å². The zero-order valence-electron chi connectivity index (χ0n) is 12.1. The van der Waals surface area contributed by atoms with E-state index in [4.69, 9.17) is 0 Å². The van der Waals surface area contributed by atoms with Crippen LogP contribution in [-0.4, -0.2) is 24.0 Å². The lowest BCUT2D eigenvalue weighted by Crippen LogP contribution is -2.33. The quantitative estimate of drug-likeness (QED) is 0.650. The van der Waals surface area contributed by atoms with E-state index in [2.05, 4.69) is 39.5 Å². The van der Waals surface area contributed by atoms with Gasteiger partial charge in [-0.2, -0.15) is 0 Å². The fourth-order valence-electron chi connectivity index (χ4n) is 3.27. The molecule has 0 saturated carbocycles. The Morgan fingerprint density at radius 3 is 2.50 bits per heavy atom. The lowest BCUT2D eigenvalue weighted by Gasteiger charge is -2.32. The highest BCUT2D eigenvalue weighted by Gasteiger charge is 2.35. The molecule has 1 heterocycles. The fourth-order valence-corrected chi connectivity index (χ4v) is 3.27. The first-order valence-corrected chi connectivity index (χ1v) is 7.25. The van der Waals surface area contributed by atoms with E-state index in [0.29, 0.717) is 5.41 Å². The third-order valence-corrected chi connectivity index (χ3v) is 4.55. The van der Waals surface area contributed by atoms with Gasteiger partial charge in [-0.05, 0) is 44.1 Å². The molecule has 1 aliphatic heterocycles. The van der Waals surface area contributed by atoms with E-state index in [1.807, 2.05) is 0 Å². The molecule has 2 unspecified atom stereocenters. The summed E-state index contributed by atoms with van der Waals surface area (Å²) < 4.78 is 0. The first kappa shape index (κ1) is 14.0. The van der Waals surface area contributed by atoms with Crippen LogP contribution < -0.4 is 0 Å². The summed E-state index contributed by atoms with van der Waals surface area (Å²) in [5.74, 6) is 0.923. The molecule has 1 nitrogen and oxygen atoms in total. The van der Waals surface area contributed by atoms with Crippen molar-refractivity contribution in [3.8, 4) is 0 Å². The zero-order valence-corrected chi connectivity index (χ0v) is 12.1. The van der Waals surface area contributed by atoms with Gasteiger partial charge in [0.05, 0.1) is 0 Å². The van der Waals surface area contributed by atoms with E-state index in [-0.39, 0.29) is 0 Å². The molecule has 1 aliphatic rings. The third kappa shape index (κ3) is 3.48. The predicted octanol–water partition coefficient (Wildman–Crippen LogP) is 4.32. The number of likely N-dealkylation sites (tertiary alicyclic amines) is 1. The van der Waals surface area contributed by atoms with E-state index in [9.17, 15) is 0 Å². The Labute approximate surface area is 103 Å². The van der Waals surface area contributed by atoms with E-state index < -0.39 is 0 Å². The molecule has 0 aromatic heterocycles. The second-order valence-electron chi connectivity index (χ2n) is 6.36. The largest absolute Gasteiger partial charge is 0.300 e. The molecule has 0 bridgehead atoms. The highest BCUT2D eigenvalue weighted by Crippen LogP contribution is 2.38. The first-order valence-electron chi connectivity index (χ1n) is 7.25. The Balaban J connectivity index is 2.45. The van der Waals surface area contributed by atoms with Crippen LogP contribution in [0.5, 0.6) is 0 Å². The topological polar surface area (TPSA) is 3.24 Å². The van der Waals surface area contributed by atoms with Gasteiger partial charge in [0, 0.05) is 12.6 Å². The molecule has 1 saturated heterocycles. The van der Waals surface area contributed by atoms with Crippen molar-refractivity contribution in [1.29, 1.82) is 0 Å². The summed E-state index contributed by atoms with van der Waals surface area (Å²) in [5, 5.41) is 0. The molecule has 0 radical (unpaired) electrons. The first-order chi connectivity index (χ1) is 7.51. The number of nitrogens with zero attached hydrogens (tertiary/aromatic N) is 1. The molecular weight excluding hydrogens is 194 g/mol. The van der Waals surface area contributed by atoms with Crippen LogP contribution in [0.4, 0.5) is 0 Å². The van der Waals surface area contributed by atoms with Crippen molar-refractivity contribution < 1.29 is 0 Å². The molecule has 0 aromatic rings. The van der Waals surface area contributed by atoms with Gasteiger partial charge in [0.15, 0.2) is 0 Å². The Morgan fingerprint density at radius 2 is 1.94 bits per heavy atom. The Hall–Kier alpha value is -0.0400. The molecule has 0 aliphatic carbocycles. The summed E-state index contributed by atoms with van der Waals surface area (Å²) in [7, 11) is 0. The van der Waals surface area contributed by atoms with E-state index in [1.165, 1.54) is 45.2 Å². The summed E-state index contributed by atoms with van der Waals surface area (Å²) in [6, 6.07) is 0.799. The normalized spacial score (nSPS) is 24.9. The maximum atomic E-state index is 2.71. The molecule has 0 spiro atoms. The predicted molar refractivity (Wildman–Crippen MR) is 72.7 cm³/mol. The van der Waals surface area contributed by atoms with Crippen molar-refractivity contribution in [2.75, 3.05) is 13.1 Å². The molecule has 16 heavy (non-hydrogen) atoms. The van der Waals surface area contributed by atoms with Crippen molar-refractivity contribution >= 4 is 0 Å². The molecule has 0 amide bonds. The van der Waals surface area contributed by atoms with E-state index in [0.717, 1.165) is 12.0 Å². The number of hydrogen-bond acceptors (Lipinski definition) is 1. The highest BCUT2D eigenvalue weighted by molar-refractivity contribution is 4.87. The van der Waals surface area contributed by atoms with Gasteiger partial charge in [0.1, 0.15) is 0 Å². The van der Waals surface area contributed by atoms with Gasteiger partial charge in [-0.3, -0.25) is 0 Å². The summed E-state index contributed by atoms with van der Waals surface area (Å²) in [6.45, 7) is 14.6.